The molecule has 1 aromatic heterocycles. The van der Waals surface area contributed by atoms with Crippen LogP contribution in [0.2, 0.25) is 19.6 Å². The van der Waals surface area contributed by atoms with Gasteiger partial charge in [0.05, 0.1) is 20.1 Å². The standard InChI is InChI=1S/C17H21N3Si/c1-13-10-15-17(16(11-13)21(2,3)4)20(19-18-15)12-14-8-6-5-7-9-14/h5-11H,12H2,1-4H3. The van der Waals surface area contributed by atoms with Crippen LogP contribution in [-0.2, 0) is 6.54 Å². The third kappa shape index (κ3) is 2.76. The summed E-state index contributed by atoms with van der Waals surface area (Å²) >= 11 is 0. The van der Waals surface area contributed by atoms with E-state index < -0.39 is 8.07 Å². The molecule has 0 atom stereocenters. The molecule has 3 aromatic rings. The Labute approximate surface area is 126 Å². The summed E-state index contributed by atoms with van der Waals surface area (Å²) in [6.45, 7) is 10.0. The van der Waals surface area contributed by atoms with E-state index >= 15 is 0 Å². The normalized spacial score (nSPS) is 12.0. The highest BCUT2D eigenvalue weighted by Crippen LogP contribution is 2.17. The van der Waals surface area contributed by atoms with E-state index in [0.29, 0.717) is 0 Å². The first-order chi connectivity index (χ1) is 9.95. The molecular formula is C17H21N3Si. The summed E-state index contributed by atoms with van der Waals surface area (Å²) in [6, 6.07) is 14.9. The molecular weight excluding hydrogens is 274 g/mol. The summed E-state index contributed by atoms with van der Waals surface area (Å²) in [6.07, 6.45) is 0. The fourth-order valence-electron chi connectivity index (χ4n) is 2.69. The van der Waals surface area contributed by atoms with Gasteiger partial charge in [-0.05, 0) is 29.3 Å². The number of hydrogen-bond donors (Lipinski definition) is 0. The van der Waals surface area contributed by atoms with Crippen LogP contribution in [-0.4, -0.2) is 23.1 Å². The number of rotatable bonds is 3. The smallest absolute Gasteiger partial charge is 0.113 e. The molecule has 4 heteroatoms. The second-order valence-corrected chi connectivity index (χ2v) is 11.7. The topological polar surface area (TPSA) is 30.7 Å². The van der Waals surface area contributed by atoms with Gasteiger partial charge in [0.15, 0.2) is 0 Å². The summed E-state index contributed by atoms with van der Waals surface area (Å²) in [4.78, 5) is 0. The van der Waals surface area contributed by atoms with Crippen LogP contribution in [0.4, 0.5) is 0 Å². The third-order valence-electron chi connectivity index (χ3n) is 3.74. The number of hydrogen-bond acceptors (Lipinski definition) is 2. The van der Waals surface area contributed by atoms with Crippen molar-refractivity contribution in [3.63, 3.8) is 0 Å². The quantitative estimate of drug-likeness (QED) is 0.694. The van der Waals surface area contributed by atoms with Gasteiger partial charge in [0.2, 0.25) is 0 Å². The van der Waals surface area contributed by atoms with E-state index in [-0.39, 0.29) is 0 Å². The van der Waals surface area contributed by atoms with E-state index in [1.807, 2.05) is 6.07 Å². The second kappa shape index (κ2) is 5.11. The fourth-order valence-corrected chi connectivity index (χ4v) is 4.32. The van der Waals surface area contributed by atoms with Gasteiger partial charge >= 0.3 is 0 Å². The molecule has 0 radical (unpaired) electrons. The Balaban J connectivity index is 2.16. The minimum absolute atomic E-state index is 0.776. The Bertz CT molecular complexity index is 770. The van der Waals surface area contributed by atoms with Crippen molar-refractivity contribution in [2.45, 2.75) is 33.1 Å². The largest absolute Gasteiger partial charge is 0.240 e. The van der Waals surface area contributed by atoms with Gasteiger partial charge in [0.25, 0.3) is 0 Å². The molecule has 0 aliphatic carbocycles. The van der Waals surface area contributed by atoms with E-state index in [1.165, 1.54) is 21.8 Å². The number of benzene rings is 2. The number of fused-ring (bicyclic) bond motifs is 1. The molecule has 0 bridgehead atoms. The zero-order valence-electron chi connectivity index (χ0n) is 13.1. The molecule has 21 heavy (non-hydrogen) atoms. The van der Waals surface area contributed by atoms with Crippen LogP contribution >= 0.6 is 0 Å². The van der Waals surface area contributed by atoms with Crippen LogP contribution in [0.1, 0.15) is 11.1 Å². The van der Waals surface area contributed by atoms with E-state index in [1.54, 1.807) is 0 Å². The van der Waals surface area contributed by atoms with E-state index in [9.17, 15) is 0 Å². The lowest BCUT2D eigenvalue weighted by Gasteiger charge is -2.19. The second-order valence-electron chi connectivity index (χ2n) is 6.66. The predicted octanol–water partition coefficient (Wildman–Crippen LogP) is 3.33. The molecule has 0 fully saturated rings. The first-order valence-corrected chi connectivity index (χ1v) is 10.8. The van der Waals surface area contributed by atoms with Crippen molar-refractivity contribution < 1.29 is 0 Å². The molecule has 3 nitrogen and oxygen atoms in total. The molecule has 108 valence electrons. The van der Waals surface area contributed by atoms with Crippen molar-refractivity contribution >= 4 is 24.3 Å². The van der Waals surface area contributed by atoms with Crippen molar-refractivity contribution in [2.75, 3.05) is 0 Å². The van der Waals surface area contributed by atoms with Crippen LogP contribution in [0.5, 0.6) is 0 Å². The van der Waals surface area contributed by atoms with Crippen molar-refractivity contribution in [1.82, 2.24) is 15.0 Å². The average Bonchev–Trinajstić information content (AvgIpc) is 2.81. The van der Waals surface area contributed by atoms with Gasteiger partial charge < -0.3 is 0 Å². The van der Waals surface area contributed by atoms with Crippen molar-refractivity contribution in [2.24, 2.45) is 0 Å². The molecule has 0 aliphatic rings. The Kier molecular flexibility index (Phi) is 3.41. The maximum absolute atomic E-state index is 4.39. The lowest BCUT2D eigenvalue weighted by atomic mass is 10.2. The Morgan fingerprint density at radius 1 is 1.05 bits per heavy atom. The highest BCUT2D eigenvalue weighted by atomic mass is 28.3. The third-order valence-corrected chi connectivity index (χ3v) is 5.73. The average molecular weight is 295 g/mol. The summed E-state index contributed by atoms with van der Waals surface area (Å²) in [5, 5.41) is 10.2. The molecule has 0 saturated carbocycles. The molecule has 0 saturated heterocycles. The molecule has 2 aromatic carbocycles. The van der Waals surface area contributed by atoms with Gasteiger partial charge in [0.1, 0.15) is 5.52 Å². The zero-order valence-corrected chi connectivity index (χ0v) is 14.1. The fraction of sp³-hybridized carbons (Fsp3) is 0.294. The Morgan fingerprint density at radius 3 is 2.43 bits per heavy atom. The Hall–Kier alpha value is -1.94. The molecule has 0 N–H and O–H groups in total. The number of nitrogens with zero attached hydrogens (tertiary/aromatic N) is 3. The Morgan fingerprint density at radius 2 is 1.76 bits per heavy atom. The van der Waals surface area contributed by atoms with Gasteiger partial charge in [-0.15, -0.1) is 5.10 Å². The summed E-state index contributed by atoms with van der Waals surface area (Å²) in [5.74, 6) is 0. The zero-order chi connectivity index (χ0) is 15.0. The lowest BCUT2D eigenvalue weighted by Crippen LogP contribution is -2.39. The molecule has 0 amide bonds. The SMILES string of the molecule is Cc1cc([Si](C)(C)C)c2c(c1)nnn2Cc1ccccc1. The monoisotopic (exact) mass is 295 g/mol. The van der Waals surface area contributed by atoms with Gasteiger partial charge in [-0.1, -0.05) is 61.3 Å². The summed E-state index contributed by atoms with van der Waals surface area (Å²) in [5.41, 5.74) is 4.75. The maximum atomic E-state index is 4.39. The van der Waals surface area contributed by atoms with E-state index in [2.05, 4.69) is 78.0 Å². The van der Waals surface area contributed by atoms with Gasteiger partial charge in [0, 0.05) is 0 Å². The highest BCUT2D eigenvalue weighted by molar-refractivity contribution is 6.90. The highest BCUT2D eigenvalue weighted by Gasteiger charge is 2.23. The van der Waals surface area contributed by atoms with Crippen molar-refractivity contribution in [3.05, 3.63) is 53.6 Å². The lowest BCUT2D eigenvalue weighted by molar-refractivity contribution is 0.670. The van der Waals surface area contributed by atoms with Crippen LogP contribution in [0.3, 0.4) is 0 Å². The van der Waals surface area contributed by atoms with Crippen molar-refractivity contribution in [1.29, 1.82) is 0 Å². The maximum Gasteiger partial charge on any atom is 0.113 e. The first kappa shape index (κ1) is 14.0. The molecule has 1 heterocycles. The molecule has 0 aliphatic heterocycles. The van der Waals surface area contributed by atoms with Gasteiger partial charge in [-0.25, -0.2) is 4.68 Å². The van der Waals surface area contributed by atoms with Gasteiger partial charge in [-0.2, -0.15) is 0 Å². The van der Waals surface area contributed by atoms with Crippen LogP contribution in [0.15, 0.2) is 42.5 Å². The van der Waals surface area contributed by atoms with E-state index in [0.717, 1.165) is 12.1 Å². The van der Waals surface area contributed by atoms with Crippen LogP contribution < -0.4 is 5.19 Å². The van der Waals surface area contributed by atoms with E-state index in [4.69, 9.17) is 0 Å². The predicted molar refractivity (Wildman–Crippen MR) is 90.8 cm³/mol. The van der Waals surface area contributed by atoms with Crippen LogP contribution in [0, 0.1) is 6.92 Å². The molecule has 0 unspecified atom stereocenters. The molecule has 3 rings (SSSR count). The first-order valence-electron chi connectivity index (χ1n) is 7.33. The van der Waals surface area contributed by atoms with Gasteiger partial charge in [-0.3, -0.25) is 0 Å². The minimum atomic E-state index is -1.44. The number of aryl methyl sites for hydroxylation is 1. The molecule has 0 spiro atoms. The minimum Gasteiger partial charge on any atom is -0.240 e. The number of aromatic nitrogens is 3. The summed E-state index contributed by atoms with van der Waals surface area (Å²) < 4.78 is 2.05. The summed E-state index contributed by atoms with van der Waals surface area (Å²) in [7, 11) is -1.44. The van der Waals surface area contributed by atoms with Crippen LogP contribution in [0.25, 0.3) is 11.0 Å². The van der Waals surface area contributed by atoms with Crippen molar-refractivity contribution in [3.8, 4) is 0 Å².